The third kappa shape index (κ3) is 4.81. The van der Waals surface area contributed by atoms with Crippen molar-refractivity contribution in [2.45, 2.75) is 58.1 Å². The summed E-state index contributed by atoms with van der Waals surface area (Å²) in [5.74, 6) is 0.704. The van der Waals surface area contributed by atoms with E-state index in [1.165, 1.54) is 25.7 Å². The van der Waals surface area contributed by atoms with Crippen LogP contribution in [0, 0.1) is 5.92 Å². The van der Waals surface area contributed by atoms with Crippen molar-refractivity contribution in [2.75, 3.05) is 19.6 Å². The smallest absolute Gasteiger partial charge is 0.0674 e. The van der Waals surface area contributed by atoms with Crippen LogP contribution >= 0.6 is 0 Å². The van der Waals surface area contributed by atoms with Crippen LogP contribution < -0.4 is 5.73 Å². The van der Waals surface area contributed by atoms with Crippen LogP contribution in [0.25, 0.3) is 0 Å². The summed E-state index contributed by atoms with van der Waals surface area (Å²) in [4.78, 5) is 2.57. The second-order valence-electron chi connectivity index (χ2n) is 5.51. The molecule has 1 aliphatic carbocycles. The van der Waals surface area contributed by atoms with Crippen LogP contribution in [0.4, 0.5) is 0 Å². The highest BCUT2D eigenvalue weighted by molar-refractivity contribution is 4.78. The Morgan fingerprint density at radius 3 is 2.44 bits per heavy atom. The molecule has 0 radical (unpaired) electrons. The lowest BCUT2D eigenvalue weighted by molar-refractivity contribution is 0.120. The third-order valence-electron chi connectivity index (χ3n) is 3.46. The zero-order chi connectivity index (χ0) is 12.0. The number of hydrogen-bond acceptors (Lipinski definition) is 3. The minimum atomic E-state index is -0.323. The van der Waals surface area contributed by atoms with Crippen molar-refractivity contribution < 1.29 is 5.11 Å². The van der Waals surface area contributed by atoms with Crippen molar-refractivity contribution in [3.63, 3.8) is 0 Å². The van der Waals surface area contributed by atoms with Gasteiger partial charge in [-0.2, -0.15) is 0 Å². The normalized spacial score (nSPS) is 19.9. The Labute approximate surface area is 100 Å². The van der Waals surface area contributed by atoms with Gasteiger partial charge in [0.05, 0.1) is 6.10 Å². The largest absolute Gasteiger partial charge is 0.392 e. The molecule has 0 aromatic rings. The van der Waals surface area contributed by atoms with Crippen molar-refractivity contribution >= 4 is 0 Å². The Morgan fingerprint density at radius 2 is 1.94 bits per heavy atom. The van der Waals surface area contributed by atoms with Crippen molar-refractivity contribution in [1.29, 1.82) is 0 Å². The molecule has 3 N–H and O–H groups in total. The average molecular weight is 228 g/mol. The van der Waals surface area contributed by atoms with Crippen LogP contribution in [0.15, 0.2) is 0 Å². The zero-order valence-electron chi connectivity index (χ0n) is 10.9. The first-order chi connectivity index (χ1) is 7.63. The van der Waals surface area contributed by atoms with Gasteiger partial charge in [0.2, 0.25) is 0 Å². The zero-order valence-corrected chi connectivity index (χ0v) is 10.9. The van der Waals surface area contributed by atoms with Gasteiger partial charge in [0, 0.05) is 25.7 Å². The number of nitrogens with zero attached hydrogens (tertiary/aromatic N) is 1. The van der Waals surface area contributed by atoms with Crippen LogP contribution in [0.2, 0.25) is 0 Å². The monoisotopic (exact) mass is 228 g/mol. The summed E-state index contributed by atoms with van der Waals surface area (Å²) < 4.78 is 0. The second-order valence-corrected chi connectivity index (χ2v) is 5.51. The Morgan fingerprint density at radius 1 is 1.31 bits per heavy atom. The SMILES string of the molecule is CC(C)CN(CCC(O)CN)C1CCCC1. The van der Waals surface area contributed by atoms with E-state index in [0.29, 0.717) is 12.5 Å². The maximum Gasteiger partial charge on any atom is 0.0674 e. The van der Waals surface area contributed by atoms with Gasteiger partial charge >= 0.3 is 0 Å². The lowest BCUT2D eigenvalue weighted by Crippen LogP contribution is -2.39. The summed E-state index contributed by atoms with van der Waals surface area (Å²) >= 11 is 0. The van der Waals surface area contributed by atoms with E-state index in [2.05, 4.69) is 18.7 Å². The molecular formula is C13H28N2O. The van der Waals surface area contributed by atoms with E-state index >= 15 is 0 Å². The molecular weight excluding hydrogens is 200 g/mol. The summed E-state index contributed by atoms with van der Waals surface area (Å²) in [7, 11) is 0. The van der Waals surface area contributed by atoms with Crippen LogP contribution in [0.1, 0.15) is 46.0 Å². The van der Waals surface area contributed by atoms with Crippen LogP contribution in [-0.4, -0.2) is 41.8 Å². The molecule has 0 heterocycles. The highest BCUT2D eigenvalue weighted by atomic mass is 16.3. The minimum absolute atomic E-state index is 0.323. The molecule has 0 aromatic carbocycles. The summed E-state index contributed by atoms with van der Waals surface area (Å²) in [6.45, 7) is 7.08. The van der Waals surface area contributed by atoms with Crippen molar-refractivity contribution in [1.82, 2.24) is 4.90 Å². The van der Waals surface area contributed by atoms with E-state index in [1.807, 2.05) is 0 Å². The lowest BCUT2D eigenvalue weighted by Gasteiger charge is -2.31. The first kappa shape index (κ1) is 13.9. The van der Waals surface area contributed by atoms with Gasteiger partial charge in [-0.1, -0.05) is 26.7 Å². The molecule has 0 aromatic heterocycles. The summed E-state index contributed by atoms with van der Waals surface area (Å²) in [6, 6.07) is 0.757. The molecule has 0 bridgehead atoms. The van der Waals surface area contributed by atoms with Crippen molar-refractivity contribution in [3.05, 3.63) is 0 Å². The van der Waals surface area contributed by atoms with Crippen LogP contribution in [0.5, 0.6) is 0 Å². The summed E-state index contributed by atoms with van der Waals surface area (Å²) in [6.07, 6.45) is 5.92. The highest BCUT2D eigenvalue weighted by Gasteiger charge is 2.23. The van der Waals surface area contributed by atoms with E-state index in [4.69, 9.17) is 5.73 Å². The van der Waals surface area contributed by atoms with Gasteiger partial charge in [0.15, 0.2) is 0 Å². The van der Waals surface area contributed by atoms with Gasteiger partial charge in [-0.15, -0.1) is 0 Å². The molecule has 1 rings (SSSR count). The first-order valence-corrected chi connectivity index (χ1v) is 6.75. The summed E-state index contributed by atoms with van der Waals surface area (Å²) in [5.41, 5.74) is 5.44. The fraction of sp³-hybridized carbons (Fsp3) is 1.00. The van der Waals surface area contributed by atoms with E-state index in [0.717, 1.165) is 25.6 Å². The molecule has 1 unspecified atom stereocenters. The molecule has 3 heteroatoms. The lowest BCUT2D eigenvalue weighted by atomic mass is 10.1. The van der Waals surface area contributed by atoms with Crippen molar-refractivity contribution in [2.24, 2.45) is 11.7 Å². The predicted octanol–water partition coefficient (Wildman–Crippen LogP) is 1.60. The molecule has 1 saturated carbocycles. The number of aliphatic hydroxyl groups is 1. The standard InChI is InChI=1S/C13H28N2O/c1-11(2)10-15(8-7-13(16)9-14)12-5-3-4-6-12/h11-13,16H,3-10,14H2,1-2H3. The Bertz CT molecular complexity index is 179. The van der Waals surface area contributed by atoms with Gasteiger partial charge < -0.3 is 15.7 Å². The molecule has 1 atom stereocenters. The van der Waals surface area contributed by atoms with Crippen LogP contribution in [0.3, 0.4) is 0 Å². The Balaban J connectivity index is 2.36. The third-order valence-corrected chi connectivity index (χ3v) is 3.46. The molecule has 0 spiro atoms. The Hall–Kier alpha value is -0.120. The minimum Gasteiger partial charge on any atom is -0.392 e. The molecule has 3 nitrogen and oxygen atoms in total. The van der Waals surface area contributed by atoms with Crippen LogP contribution in [-0.2, 0) is 0 Å². The van der Waals surface area contributed by atoms with E-state index in [9.17, 15) is 5.11 Å². The number of rotatable bonds is 7. The maximum absolute atomic E-state index is 9.53. The fourth-order valence-corrected chi connectivity index (χ4v) is 2.59. The number of hydrogen-bond donors (Lipinski definition) is 2. The van der Waals surface area contributed by atoms with Gasteiger partial charge in [0.25, 0.3) is 0 Å². The molecule has 1 fully saturated rings. The molecule has 0 aliphatic heterocycles. The second kappa shape index (κ2) is 7.25. The highest BCUT2D eigenvalue weighted by Crippen LogP contribution is 2.24. The molecule has 96 valence electrons. The van der Waals surface area contributed by atoms with Gasteiger partial charge in [0.1, 0.15) is 0 Å². The summed E-state index contributed by atoms with van der Waals surface area (Å²) in [5, 5.41) is 9.53. The average Bonchev–Trinajstić information content (AvgIpc) is 2.76. The van der Waals surface area contributed by atoms with E-state index in [-0.39, 0.29) is 6.10 Å². The molecule has 16 heavy (non-hydrogen) atoms. The first-order valence-electron chi connectivity index (χ1n) is 6.75. The maximum atomic E-state index is 9.53. The van der Waals surface area contributed by atoms with Gasteiger partial charge in [-0.05, 0) is 25.2 Å². The number of aliphatic hydroxyl groups excluding tert-OH is 1. The fourth-order valence-electron chi connectivity index (χ4n) is 2.59. The van der Waals surface area contributed by atoms with E-state index < -0.39 is 0 Å². The quantitative estimate of drug-likeness (QED) is 0.696. The molecule has 0 amide bonds. The number of nitrogens with two attached hydrogens (primary N) is 1. The molecule has 0 saturated heterocycles. The molecule has 1 aliphatic rings. The van der Waals surface area contributed by atoms with E-state index in [1.54, 1.807) is 0 Å². The van der Waals surface area contributed by atoms with Crippen molar-refractivity contribution in [3.8, 4) is 0 Å². The Kier molecular flexibility index (Phi) is 6.32. The topological polar surface area (TPSA) is 49.5 Å². The van der Waals surface area contributed by atoms with Gasteiger partial charge in [-0.25, -0.2) is 0 Å². The van der Waals surface area contributed by atoms with Gasteiger partial charge in [-0.3, -0.25) is 0 Å². The predicted molar refractivity (Wildman–Crippen MR) is 68.3 cm³/mol.